The molecule has 3 atom stereocenters. The highest BCUT2D eigenvalue weighted by molar-refractivity contribution is 6.74. The first kappa shape index (κ1) is 37.6. The van der Waals surface area contributed by atoms with Crippen molar-refractivity contribution >= 4 is 25.8 Å². The Morgan fingerprint density at radius 2 is 1.70 bits per heavy atom. The van der Waals surface area contributed by atoms with Crippen molar-refractivity contribution in [3.63, 3.8) is 0 Å². The van der Waals surface area contributed by atoms with Crippen LogP contribution in [0.25, 0.3) is 11.3 Å². The van der Waals surface area contributed by atoms with Gasteiger partial charge < -0.3 is 29.8 Å². The first-order chi connectivity index (χ1) is 23.2. The molecule has 3 aromatic rings. The van der Waals surface area contributed by atoms with Gasteiger partial charge in [0.05, 0.1) is 53.1 Å². The number of carbonyl (C=O) groups excluding carboxylic acids is 1. The van der Waals surface area contributed by atoms with Gasteiger partial charge in [-0.3, -0.25) is 4.98 Å². The number of benzene rings is 1. The van der Waals surface area contributed by atoms with Gasteiger partial charge in [-0.2, -0.15) is 0 Å². The Bertz CT molecular complexity index is 1700. The molecule has 50 heavy (non-hydrogen) atoms. The molecule has 0 radical (unpaired) electrons. The highest BCUT2D eigenvalue weighted by Gasteiger charge is 2.46. The lowest BCUT2D eigenvalue weighted by molar-refractivity contribution is 0.0336. The first-order valence-corrected chi connectivity index (χ1v) is 20.1. The third-order valence-electron chi connectivity index (χ3n) is 9.86. The number of carbonyl (C=O) groups is 1. The van der Waals surface area contributed by atoms with E-state index in [9.17, 15) is 14.3 Å². The number of hydrogen-bond donors (Lipinski definition) is 3. The molecular weight excluding hydrogens is 664 g/mol. The summed E-state index contributed by atoms with van der Waals surface area (Å²) < 4.78 is 57.8. The molecule has 3 N–H and O–H groups in total. The summed E-state index contributed by atoms with van der Waals surface area (Å²) in [5.74, 6) is -2.82. The Balaban J connectivity index is 1.38. The largest absolute Gasteiger partial charge is 0.444 e. The smallest absolute Gasteiger partial charge is 0.408 e. The predicted molar refractivity (Wildman–Crippen MR) is 191 cm³/mol. The molecule has 1 aliphatic carbocycles. The Morgan fingerprint density at radius 1 is 1.04 bits per heavy atom. The molecule has 0 bridgehead atoms. The second-order valence-electron chi connectivity index (χ2n) is 16.2. The molecule has 0 spiro atoms. The van der Waals surface area contributed by atoms with Crippen molar-refractivity contribution in [1.82, 2.24) is 15.3 Å². The summed E-state index contributed by atoms with van der Waals surface area (Å²) in [7, 11) is -2.21. The molecule has 1 saturated carbocycles. The Hall–Kier alpha value is -3.68. The van der Waals surface area contributed by atoms with Gasteiger partial charge in [0.25, 0.3) is 0 Å². The fraction of sp³-hybridized carbons (Fsp3) is 0.541. The van der Waals surface area contributed by atoms with Crippen LogP contribution in [0.1, 0.15) is 72.6 Å². The molecule has 3 heterocycles. The zero-order chi connectivity index (χ0) is 36.8. The number of amides is 1. The van der Waals surface area contributed by atoms with Gasteiger partial charge in [-0.05, 0) is 87.6 Å². The third kappa shape index (κ3) is 8.43. The molecule has 2 aromatic heterocycles. The minimum atomic E-state index is -2.21. The van der Waals surface area contributed by atoms with E-state index < -0.39 is 54.3 Å². The summed E-state index contributed by atoms with van der Waals surface area (Å²) in [5, 5.41) is 16.7. The Kier molecular flexibility index (Phi) is 10.4. The van der Waals surface area contributed by atoms with E-state index in [1.807, 2.05) is 26.8 Å². The number of aromatic nitrogens is 2. The molecule has 5 rings (SSSR count). The zero-order valence-corrected chi connectivity index (χ0v) is 31.5. The molecule has 1 unspecified atom stereocenters. The summed E-state index contributed by atoms with van der Waals surface area (Å²) in [5.41, 5.74) is -0.987. The van der Waals surface area contributed by atoms with E-state index in [1.165, 1.54) is 6.07 Å². The molecule has 2 aliphatic rings. The van der Waals surface area contributed by atoms with E-state index in [4.69, 9.17) is 9.16 Å². The SMILES string of the molecule is C[C@H]1CN(c2ccncc2NCc2ccc(F)c(-c3c(F)cc(C4(O)CC4)cc3F)n2)C[C@@H](NC(=O)OC(C)(C)C)C1O[Si](C)(C)C(C)(C)C. The summed E-state index contributed by atoms with van der Waals surface area (Å²) in [6, 6.07) is 6.16. The van der Waals surface area contributed by atoms with Gasteiger partial charge in [-0.1, -0.05) is 27.7 Å². The average Bonchev–Trinajstić information content (AvgIpc) is 3.75. The van der Waals surface area contributed by atoms with Gasteiger partial charge >= 0.3 is 6.09 Å². The summed E-state index contributed by atoms with van der Waals surface area (Å²) in [6.07, 6.45) is 3.41. The molecule has 1 amide bonds. The van der Waals surface area contributed by atoms with Crippen molar-refractivity contribution in [1.29, 1.82) is 0 Å². The number of aliphatic hydroxyl groups is 1. The second kappa shape index (κ2) is 13.8. The van der Waals surface area contributed by atoms with Crippen LogP contribution in [0.5, 0.6) is 0 Å². The van der Waals surface area contributed by atoms with Crippen molar-refractivity contribution in [2.45, 2.75) is 109 Å². The van der Waals surface area contributed by atoms with Gasteiger partial charge in [-0.25, -0.2) is 22.9 Å². The minimum Gasteiger partial charge on any atom is -0.444 e. The minimum absolute atomic E-state index is 0.0250. The maximum Gasteiger partial charge on any atom is 0.408 e. The molecule has 13 heteroatoms. The first-order valence-electron chi connectivity index (χ1n) is 17.2. The van der Waals surface area contributed by atoms with E-state index in [-0.39, 0.29) is 35.2 Å². The van der Waals surface area contributed by atoms with E-state index in [2.05, 4.69) is 66.3 Å². The van der Waals surface area contributed by atoms with E-state index >= 15 is 8.78 Å². The number of halogens is 3. The maximum absolute atomic E-state index is 15.1. The van der Waals surface area contributed by atoms with Crippen molar-refractivity contribution in [3.05, 3.63) is 71.4 Å². The Morgan fingerprint density at radius 3 is 2.30 bits per heavy atom. The van der Waals surface area contributed by atoms with Crippen LogP contribution in [0.3, 0.4) is 0 Å². The lowest BCUT2D eigenvalue weighted by Gasteiger charge is -2.48. The number of ether oxygens (including phenoxy) is 1. The van der Waals surface area contributed by atoms with Gasteiger partial charge in [-0.15, -0.1) is 0 Å². The van der Waals surface area contributed by atoms with Crippen LogP contribution >= 0.6 is 0 Å². The molecule has 272 valence electrons. The van der Waals surface area contributed by atoms with Gasteiger partial charge in [0.2, 0.25) is 0 Å². The third-order valence-corrected chi connectivity index (χ3v) is 14.3. The predicted octanol–water partition coefficient (Wildman–Crippen LogP) is 7.89. The number of alkyl carbamates (subject to hydrolysis) is 1. The molecule has 1 aromatic carbocycles. The highest BCUT2D eigenvalue weighted by Crippen LogP contribution is 2.46. The van der Waals surface area contributed by atoms with Crippen LogP contribution in [-0.4, -0.2) is 60.3 Å². The standard InChI is InChI=1S/C37H50F3N5O4Si/c1-22-20-45(21-29(44-34(46)48-35(2,3)4)33(22)49-50(8,9)36(5,6)7)30-12-15-41-19-28(30)42-18-24-10-11-25(38)32(43-24)31-26(39)16-23(17-27(31)40)37(47)13-14-37/h10-12,15-17,19,22,29,33,42,47H,13-14,18,20-21H2,1-9H3,(H,44,46)/t22-,29+,33?/m0/s1. The maximum atomic E-state index is 15.1. The number of anilines is 2. The number of hydrogen-bond acceptors (Lipinski definition) is 8. The fourth-order valence-electron chi connectivity index (χ4n) is 5.98. The van der Waals surface area contributed by atoms with Crippen LogP contribution in [-0.2, 0) is 21.3 Å². The lowest BCUT2D eigenvalue weighted by atomic mass is 9.92. The number of nitrogens with zero attached hydrogens (tertiary/aromatic N) is 3. The lowest BCUT2D eigenvalue weighted by Crippen LogP contribution is -2.62. The number of rotatable bonds is 9. The molecule has 2 fully saturated rings. The number of pyridine rings is 2. The number of piperidine rings is 1. The highest BCUT2D eigenvalue weighted by atomic mass is 28.4. The van der Waals surface area contributed by atoms with E-state index in [1.54, 1.807) is 12.4 Å². The van der Waals surface area contributed by atoms with Crippen molar-refractivity contribution in [2.24, 2.45) is 5.92 Å². The normalized spacial score (nSPS) is 20.7. The molecule has 1 aliphatic heterocycles. The molecule has 9 nitrogen and oxygen atoms in total. The van der Waals surface area contributed by atoms with Crippen LogP contribution in [0, 0.1) is 23.4 Å². The van der Waals surface area contributed by atoms with Gasteiger partial charge in [0, 0.05) is 25.2 Å². The fourth-order valence-corrected chi connectivity index (χ4v) is 7.41. The molecular formula is C37H50F3N5O4Si. The Labute approximate surface area is 294 Å². The van der Waals surface area contributed by atoms with Crippen molar-refractivity contribution in [2.75, 3.05) is 23.3 Å². The van der Waals surface area contributed by atoms with Crippen molar-refractivity contribution < 1.29 is 32.2 Å². The molecule has 1 saturated heterocycles. The monoisotopic (exact) mass is 713 g/mol. The van der Waals surface area contributed by atoms with Crippen LogP contribution < -0.4 is 15.5 Å². The average molecular weight is 714 g/mol. The van der Waals surface area contributed by atoms with Crippen molar-refractivity contribution in [3.8, 4) is 11.3 Å². The van der Waals surface area contributed by atoms with Gasteiger partial charge in [0.15, 0.2) is 8.32 Å². The van der Waals surface area contributed by atoms with Crippen LogP contribution in [0.4, 0.5) is 29.3 Å². The topological polar surface area (TPSA) is 109 Å². The van der Waals surface area contributed by atoms with E-state index in [0.717, 1.165) is 23.9 Å². The number of nitrogens with one attached hydrogen (secondary N) is 2. The van der Waals surface area contributed by atoms with Crippen LogP contribution in [0.2, 0.25) is 18.1 Å². The quantitative estimate of drug-likeness (QED) is 0.192. The van der Waals surface area contributed by atoms with E-state index in [0.29, 0.717) is 37.3 Å². The van der Waals surface area contributed by atoms with Gasteiger partial charge in [0.1, 0.15) is 28.7 Å². The second-order valence-corrected chi connectivity index (χ2v) is 21.0. The summed E-state index contributed by atoms with van der Waals surface area (Å²) in [4.78, 5) is 23.8. The van der Waals surface area contributed by atoms with Crippen LogP contribution in [0.15, 0.2) is 42.7 Å². The summed E-state index contributed by atoms with van der Waals surface area (Å²) in [6.45, 7) is 19.7. The summed E-state index contributed by atoms with van der Waals surface area (Å²) >= 11 is 0. The zero-order valence-electron chi connectivity index (χ0n) is 30.5.